The average molecular weight is 309 g/mol. The van der Waals surface area contributed by atoms with E-state index in [1.54, 1.807) is 12.5 Å². The lowest BCUT2D eigenvalue weighted by molar-refractivity contribution is -0.0374. The minimum absolute atomic E-state index is 0.0325. The minimum atomic E-state index is -0.701. The first-order valence-corrected chi connectivity index (χ1v) is 7.76. The van der Waals surface area contributed by atoms with E-state index in [9.17, 15) is 4.39 Å². The number of aromatic nitrogens is 1. The zero-order valence-corrected chi connectivity index (χ0v) is 13.2. The average Bonchev–Trinajstić information content (AvgIpc) is 2.56. The Balaban J connectivity index is 1.81. The molecule has 0 aromatic carbocycles. The van der Waals surface area contributed by atoms with E-state index in [1.165, 1.54) is 0 Å². The Morgan fingerprint density at radius 2 is 2.05 bits per heavy atom. The normalized spacial score (nSPS) is 22.0. The van der Waals surface area contributed by atoms with Crippen molar-refractivity contribution in [2.24, 2.45) is 4.99 Å². The topological polar surface area (TPSA) is 47.0 Å². The van der Waals surface area contributed by atoms with E-state index >= 15 is 0 Å². The molecule has 1 saturated carbocycles. The number of hydrogen-bond donors (Lipinski definition) is 0. The molecule has 0 unspecified atom stereocenters. The molecule has 1 heterocycles. The van der Waals surface area contributed by atoms with Gasteiger partial charge in [0.05, 0.1) is 24.3 Å². The molecule has 0 spiro atoms. The van der Waals surface area contributed by atoms with Crippen LogP contribution in [-0.2, 0) is 4.74 Å². The van der Waals surface area contributed by atoms with Gasteiger partial charge in [-0.25, -0.2) is 14.4 Å². The van der Waals surface area contributed by atoms with Crippen molar-refractivity contribution in [1.82, 2.24) is 9.88 Å². The maximum Gasteiger partial charge on any atom is 0.213 e. The van der Waals surface area contributed by atoms with Crippen molar-refractivity contribution >= 4 is 12.0 Å². The van der Waals surface area contributed by atoms with Crippen LogP contribution >= 0.6 is 0 Å². The summed E-state index contributed by atoms with van der Waals surface area (Å²) in [4.78, 5) is 10.6. The zero-order chi connectivity index (χ0) is 15.8. The Labute approximate surface area is 131 Å². The van der Waals surface area contributed by atoms with E-state index in [4.69, 9.17) is 9.47 Å². The van der Waals surface area contributed by atoms with Crippen molar-refractivity contribution in [3.63, 3.8) is 0 Å². The van der Waals surface area contributed by atoms with E-state index in [0.717, 1.165) is 37.9 Å². The second-order valence-corrected chi connectivity index (χ2v) is 5.46. The molecule has 0 N–H and O–H groups in total. The van der Waals surface area contributed by atoms with Crippen molar-refractivity contribution in [3.8, 4) is 5.88 Å². The van der Waals surface area contributed by atoms with E-state index in [0.29, 0.717) is 5.88 Å². The molecule has 1 aliphatic rings. The highest BCUT2D eigenvalue weighted by Crippen LogP contribution is 2.25. The second-order valence-electron chi connectivity index (χ2n) is 5.46. The van der Waals surface area contributed by atoms with Crippen LogP contribution in [0.2, 0.25) is 0 Å². The van der Waals surface area contributed by atoms with Crippen LogP contribution in [0.15, 0.2) is 23.3 Å². The Morgan fingerprint density at radius 3 is 2.64 bits per heavy atom. The molecule has 0 bridgehead atoms. The van der Waals surface area contributed by atoms with Gasteiger partial charge in [-0.2, -0.15) is 0 Å². The van der Waals surface area contributed by atoms with Gasteiger partial charge < -0.3 is 14.4 Å². The van der Waals surface area contributed by atoms with Crippen LogP contribution in [-0.4, -0.2) is 48.9 Å². The predicted octanol–water partition coefficient (Wildman–Crippen LogP) is 3.33. The third kappa shape index (κ3) is 5.26. The van der Waals surface area contributed by atoms with Crippen LogP contribution in [0.1, 0.15) is 32.6 Å². The number of nitrogens with zero attached hydrogens (tertiary/aromatic N) is 3. The zero-order valence-electron chi connectivity index (χ0n) is 13.2. The van der Waals surface area contributed by atoms with Crippen molar-refractivity contribution in [1.29, 1.82) is 0 Å². The molecule has 22 heavy (non-hydrogen) atoms. The van der Waals surface area contributed by atoms with Crippen molar-refractivity contribution in [2.75, 3.05) is 20.5 Å². The molecule has 0 radical (unpaired) electrons. The highest BCUT2D eigenvalue weighted by Gasteiger charge is 2.23. The van der Waals surface area contributed by atoms with Gasteiger partial charge in [-0.05, 0) is 38.7 Å². The molecule has 0 amide bonds. The van der Waals surface area contributed by atoms with Crippen molar-refractivity contribution in [3.05, 3.63) is 18.3 Å². The summed E-state index contributed by atoms with van der Waals surface area (Å²) in [7, 11) is 1.97. The summed E-state index contributed by atoms with van der Waals surface area (Å²) in [6, 6.07) is 3.73. The number of halogens is 1. The highest BCUT2D eigenvalue weighted by atomic mass is 19.1. The van der Waals surface area contributed by atoms with Gasteiger partial charge in [-0.15, -0.1) is 0 Å². The molecule has 122 valence electrons. The molecule has 0 aliphatic heterocycles. The van der Waals surface area contributed by atoms with Gasteiger partial charge in [0.15, 0.2) is 6.86 Å². The molecule has 1 aromatic rings. The third-order valence-electron chi connectivity index (χ3n) is 3.83. The Kier molecular flexibility index (Phi) is 6.58. The largest absolute Gasteiger partial charge is 0.474 e. The van der Waals surface area contributed by atoms with Crippen LogP contribution in [0.5, 0.6) is 5.88 Å². The number of hydrogen-bond acceptors (Lipinski definition) is 4. The first-order valence-electron chi connectivity index (χ1n) is 7.76. The second kappa shape index (κ2) is 8.68. The van der Waals surface area contributed by atoms with Crippen LogP contribution < -0.4 is 4.74 Å². The Bertz CT molecular complexity index is 459. The monoisotopic (exact) mass is 309 g/mol. The van der Waals surface area contributed by atoms with E-state index < -0.39 is 6.86 Å². The molecule has 1 fully saturated rings. The molecule has 1 aliphatic carbocycles. The maximum atomic E-state index is 12.1. The first kappa shape index (κ1) is 16.7. The number of alkyl halides is 1. The van der Waals surface area contributed by atoms with Gasteiger partial charge in [-0.1, -0.05) is 0 Å². The fourth-order valence-electron chi connectivity index (χ4n) is 2.34. The Hall–Kier alpha value is -1.69. The van der Waals surface area contributed by atoms with Crippen molar-refractivity contribution < 1.29 is 13.9 Å². The smallest absolute Gasteiger partial charge is 0.213 e. The summed E-state index contributed by atoms with van der Waals surface area (Å²) in [6.45, 7) is 2.27. The summed E-state index contributed by atoms with van der Waals surface area (Å²) in [5.41, 5.74) is 0.799. The van der Waals surface area contributed by atoms with Crippen molar-refractivity contribution in [2.45, 2.75) is 44.8 Å². The summed E-state index contributed by atoms with van der Waals surface area (Å²) in [5, 5.41) is 0. The van der Waals surface area contributed by atoms with E-state index in [2.05, 4.69) is 16.9 Å². The molecule has 0 atom stereocenters. The Morgan fingerprint density at radius 1 is 1.32 bits per heavy atom. The van der Waals surface area contributed by atoms with Gasteiger partial charge in [0, 0.05) is 19.7 Å². The van der Waals surface area contributed by atoms with Crippen LogP contribution in [0, 0.1) is 0 Å². The van der Waals surface area contributed by atoms with Gasteiger partial charge in [-0.3, -0.25) is 0 Å². The number of pyridine rings is 1. The standard InChI is InChI=1S/C16H24FN3O2/c1-3-20(2)12-19-13-4-9-16(18-10-13)22-15-7-5-14(6-8-15)21-11-17/h4,9-10,12,14-15H,3,5-8,11H2,1-2H3/b19-12+/t14-,15-. The SMILES string of the molecule is CCN(C)/C=N/c1ccc(O[C@H]2CC[C@H](OCF)CC2)nc1. The predicted molar refractivity (Wildman–Crippen MR) is 84.4 cm³/mol. The minimum Gasteiger partial charge on any atom is -0.474 e. The van der Waals surface area contributed by atoms with Crippen LogP contribution in [0.4, 0.5) is 10.1 Å². The lowest BCUT2D eigenvalue weighted by atomic mass is 9.95. The first-order chi connectivity index (χ1) is 10.7. The van der Waals surface area contributed by atoms with Gasteiger partial charge >= 0.3 is 0 Å². The summed E-state index contributed by atoms with van der Waals surface area (Å²) in [6.07, 6.45) is 7.05. The van der Waals surface area contributed by atoms with Crippen LogP contribution in [0.3, 0.4) is 0 Å². The fourth-order valence-corrected chi connectivity index (χ4v) is 2.34. The summed E-state index contributed by atoms with van der Waals surface area (Å²) < 4.78 is 23.0. The van der Waals surface area contributed by atoms with E-state index in [-0.39, 0.29) is 12.2 Å². The molecule has 6 heteroatoms. The maximum absolute atomic E-state index is 12.1. The van der Waals surface area contributed by atoms with Crippen LogP contribution in [0.25, 0.3) is 0 Å². The van der Waals surface area contributed by atoms with Gasteiger partial charge in [0.2, 0.25) is 5.88 Å². The number of ether oxygens (including phenoxy) is 2. The molecular formula is C16H24FN3O2. The molecular weight excluding hydrogens is 285 g/mol. The number of rotatable bonds is 7. The van der Waals surface area contributed by atoms with E-state index in [1.807, 2.05) is 24.1 Å². The highest BCUT2D eigenvalue weighted by molar-refractivity contribution is 5.60. The fraction of sp³-hybridized carbons (Fsp3) is 0.625. The number of aliphatic imine (C=N–C) groups is 1. The third-order valence-corrected chi connectivity index (χ3v) is 3.83. The van der Waals surface area contributed by atoms with Gasteiger partial charge in [0.1, 0.15) is 6.10 Å². The molecule has 5 nitrogen and oxygen atoms in total. The lowest BCUT2D eigenvalue weighted by Crippen LogP contribution is -2.28. The molecule has 1 aromatic heterocycles. The quantitative estimate of drug-likeness (QED) is 0.572. The van der Waals surface area contributed by atoms with Gasteiger partial charge in [0.25, 0.3) is 0 Å². The summed E-state index contributed by atoms with van der Waals surface area (Å²) >= 11 is 0. The molecule has 0 saturated heterocycles. The lowest BCUT2D eigenvalue weighted by Gasteiger charge is -2.27. The molecule has 2 rings (SSSR count). The summed E-state index contributed by atoms with van der Waals surface area (Å²) in [5.74, 6) is 0.609.